The van der Waals surface area contributed by atoms with Gasteiger partial charge in [0, 0.05) is 31.8 Å². The van der Waals surface area contributed by atoms with Gasteiger partial charge < -0.3 is 14.6 Å². The van der Waals surface area contributed by atoms with Crippen molar-refractivity contribution in [1.82, 2.24) is 10.2 Å². The van der Waals surface area contributed by atoms with Crippen molar-refractivity contribution >= 4 is 17.7 Å². The van der Waals surface area contributed by atoms with E-state index in [9.17, 15) is 0 Å². The van der Waals surface area contributed by atoms with Crippen LogP contribution in [0.3, 0.4) is 0 Å². The number of nitrogens with one attached hydrogen (secondary N) is 1. The number of likely N-dealkylation sites (tertiary alicyclic amines) is 1. The number of rotatable bonds is 6. The molecule has 1 aromatic rings. The fourth-order valence-electron chi connectivity index (χ4n) is 3.46. The van der Waals surface area contributed by atoms with Crippen molar-refractivity contribution in [2.75, 3.05) is 38.2 Å². The lowest BCUT2D eigenvalue weighted by molar-refractivity contribution is 0.151. The average Bonchev–Trinajstić information content (AvgIpc) is 3.15. The maximum Gasteiger partial charge on any atom is 0.193 e. The summed E-state index contributed by atoms with van der Waals surface area (Å²) in [6.07, 6.45) is 10.4. The van der Waals surface area contributed by atoms with E-state index in [1.165, 1.54) is 32.2 Å². The molecule has 22 heavy (non-hydrogen) atoms. The van der Waals surface area contributed by atoms with Crippen LogP contribution in [0.4, 0.5) is 0 Å². The van der Waals surface area contributed by atoms with Gasteiger partial charge in [-0.15, -0.1) is 0 Å². The van der Waals surface area contributed by atoms with E-state index in [4.69, 9.17) is 9.41 Å². The monoisotopic (exact) mass is 321 g/mol. The number of nitrogens with zero attached hydrogens (tertiary/aromatic N) is 2. The first-order chi connectivity index (χ1) is 10.8. The molecule has 4 nitrogen and oxygen atoms in total. The van der Waals surface area contributed by atoms with Crippen molar-refractivity contribution in [3.05, 3.63) is 24.2 Å². The zero-order valence-corrected chi connectivity index (χ0v) is 14.3. The van der Waals surface area contributed by atoms with E-state index in [2.05, 4.69) is 16.5 Å². The van der Waals surface area contributed by atoms with E-state index in [0.29, 0.717) is 5.41 Å². The quantitative estimate of drug-likeness (QED) is 0.497. The molecule has 0 atom stereocenters. The Morgan fingerprint density at radius 1 is 1.45 bits per heavy atom. The van der Waals surface area contributed by atoms with Crippen molar-refractivity contribution in [2.24, 2.45) is 10.4 Å². The fourth-order valence-corrected chi connectivity index (χ4v) is 3.74. The van der Waals surface area contributed by atoms with Gasteiger partial charge in [0.05, 0.1) is 12.8 Å². The largest absolute Gasteiger partial charge is 0.469 e. The Morgan fingerprint density at radius 3 is 3.00 bits per heavy atom. The molecule has 1 aliphatic heterocycles. The topological polar surface area (TPSA) is 40.8 Å². The molecule has 1 saturated heterocycles. The molecule has 0 aromatic carbocycles. The van der Waals surface area contributed by atoms with Gasteiger partial charge in [-0.25, -0.2) is 0 Å². The second-order valence-electron chi connectivity index (χ2n) is 6.48. The van der Waals surface area contributed by atoms with Crippen LogP contribution in [0, 0.1) is 5.41 Å². The highest BCUT2D eigenvalue weighted by Crippen LogP contribution is 2.47. The van der Waals surface area contributed by atoms with Crippen molar-refractivity contribution in [3.8, 4) is 0 Å². The smallest absolute Gasteiger partial charge is 0.193 e. The number of thioether (sulfide) groups is 1. The van der Waals surface area contributed by atoms with Crippen LogP contribution in [0.1, 0.15) is 31.4 Å². The van der Waals surface area contributed by atoms with Crippen molar-refractivity contribution < 1.29 is 4.42 Å². The average molecular weight is 321 g/mol. The molecule has 0 bridgehead atoms. The highest BCUT2D eigenvalue weighted by atomic mass is 32.2. The van der Waals surface area contributed by atoms with Gasteiger partial charge in [-0.1, -0.05) is 6.42 Å². The van der Waals surface area contributed by atoms with Crippen LogP contribution >= 0.6 is 11.8 Å². The Bertz CT molecular complexity index is 482. The normalized spacial score (nSPS) is 20.4. The molecule has 0 radical (unpaired) electrons. The Morgan fingerprint density at radius 2 is 2.36 bits per heavy atom. The third kappa shape index (κ3) is 3.80. The summed E-state index contributed by atoms with van der Waals surface area (Å²) in [5.74, 6) is 3.22. The molecule has 122 valence electrons. The van der Waals surface area contributed by atoms with Gasteiger partial charge >= 0.3 is 0 Å². The summed E-state index contributed by atoms with van der Waals surface area (Å²) in [4.78, 5) is 7.29. The van der Waals surface area contributed by atoms with Crippen LogP contribution in [-0.4, -0.2) is 49.0 Å². The molecule has 0 unspecified atom stereocenters. The molecule has 2 heterocycles. The number of hydrogen-bond acceptors (Lipinski definition) is 3. The minimum absolute atomic E-state index is 0.614. The molecular weight excluding hydrogens is 294 g/mol. The first-order valence-corrected chi connectivity index (χ1v) is 9.75. The van der Waals surface area contributed by atoms with Gasteiger partial charge in [0.1, 0.15) is 5.76 Å². The number of furan rings is 1. The Hall–Kier alpha value is -1.10. The summed E-state index contributed by atoms with van der Waals surface area (Å²) < 4.78 is 5.40. The first kappa shape index (κ1) is 15.8. The SMILES string of the molecule is CSCCN=C(NCCc1ccco1)N1CCC2(CCC2)C1. The van der Waals surface area contributed by atoms with Gasteiger partial charge in [0.15, 0.2) is 5.96 Å². The second-order valence-corrected chi connectivity index (χ2v) is 7.46. The summed E-state index contributed by atoms with van der Waals surface area (Å²) in [6, 6.07) is 3.98. The summed E-state index contributed by atoms with van der Waals surface area (Å²) >= 11 is 1.86. The molecule has 0 amide bonds. The molecule has 3 rings (SSSR count). The molecule has 1 aromatic heterocycles. The van der Waals surface area contributed by atoms with Crippen LogP contribution in [0.25, 0.3) is 0 Å². The predicted octanol–water partition coefficient (Wildman–Crippen LogP) is 3.01. The van der Waals surface area contributed by atoms with Crippen LogP contribution < -0.4 is 5.32 Å². The lowest BCUT2D eigenvalue weighted by Gasteiger charge is -2.38. The zero-order valence-electron chi connectivity index (χ0n) is 13.5. The van der Waals surface area contributed by atoms with Crippen molar-refractivity contribution in [3.63, 3.8) is 0 Å². The van der Waals surface area contributed by atoms with Crippen LogP contribution in [-0.2, 0) is 6.42 Å². The summed E-state index contributed by atoms with van der Waals surface area (Å²) in [6.45, 7) is 4.13. The molecule has 5 heteroatoms. The van der Waals surface area contributed by atoms with Gasteiger partial charge in [-0.05, 0) is 43.1 Å². The Kier molecular flexibility index (Phi) is 5.34. The second kappa shape index (κ2) is 7.44. The molecule has 1 saturated carbocycles. The van der Waals surface area contributed by atoms with Crippen molar-refractivity contribution in [2.45, 2.75) is 32.1 Å². The molecule has 1 aliphatic carbocycles. The summed E-state index contributed by atoms with van der Waals surface area (Å²) in [5.41, 5.74) is 0.614. The minimum atomic E-state index is 0.614. The number of hydrogen-bond donors (Lipinski definition) is 1. The molecular formula is C17H27N3OS. The van der Waals surface area contributed by atoms with E-state index in [1.54, 1.807) is 6.26 Å². The Labute approximate surface area is 137 Å². The third-order valence-corrected chi connectivity index (χ3v) is 5.53. The number of guanidine groups is 1. The van der Waals surface area contributed by atoms with Gasteiger partial charge in [-0.3, -0.25) is 4.99 Å². The summed E-state index contributed by atoms with van der Waals surface area (Å²) in [5, 5.41) is 3.55. The van der Waals surface area contributed by atoms with Gasteiger partial charge in [-0.2, -0.15) is 11.8 Å². The standard InChI is InChI=1S/C17H27N3OS/c1-22-13-10-19-16(18-9-5-15-4-2-12-21-15)20-11-8-17(14-20)6-3-7-17/h2,4,12H,3,5-11,13-14H2,1H3,(H,18,19). The van der Waals surface area contributed by atoms with Crippen molar-refractivity contribution in [1.29, 1.82) is 0 Å². The lowest BCUT2D eigenvalue weighted by atomic mass is 9.68. The predicted molar refractivity (Wildman–Crippen MR) is 93.6 cm³/mol. The first-order valence-electron chi connectivity index (χ1n) is 8.36. The van der Waals surface area contributed by atoms with E-state index in [-0.39, 0.29) is 0 Å². The number of aliphatic imine (C=N–C) groups is 1. The lowest BCUT2D eigenvalue weighted by Crippen LogP contribution is -2.43. The van der Waals surface area contributed by atoms with Gasteiger partial charge in [0.2, 0.25) is 0 Å². The maximum atomic E-state index is 5.40. The highest BCUT2D eigenvalue weighted by Gasteiger charge is 2.43. The van der Waals surface area contributed by atoms with E-state index in [0.717, 1.165) is 43.5 Å². The van der Waals surface area contributed by atoms with Crippen LogP contribution in [0.2, 0.25) is 0 Å². The molecule has 2 aliphatic rings. The highest BCUT2D eigenvalue weighted by molar-refractivity contribution is 7.98. The fraction of sp³-hybridized carbons (Fsp3) is 0.706. The van der Waals surface area contributed by atoms with E-state index in [1.807, 2.05) is 23.9 Å². The van der Waals surface area contributed by atoms with Gasteiger partial charge in [0.25, 0.3) is 0 Å². The van der Waals surface area contributed by atoms with E-state index >= 15 is 0 Å². The molecule has 2 fully saturated rings. The molecule has 1 spiro atoms. The summed E-state index contributed by atoms with van der Waals surface area (Å²) in [7, 11) is 0. The van der Waals surface area contributed by atoms with E-state index < -0.39 is 0 Å². The van der Waals surface area contributed by atoms with Crippen LogP contribution in [0.5, 0.6) is 0 Å². The van der Waals surface area contributed by atoms with Crippen LogP contribution in [0.15, 0.2) is 27.8 Å². The molecule has 1 N–H and O–H groups in total. The zero-order chi connectivity index (χ0) is 15.3. The Balaban J connectivity index is 1.53. The third-order valence-electron chi connectivity index (χ3n) is 4.94. The minimum Gasteiger partial charge on any atom is -0.469 e. The maximum absolute atomic E-state index is 5.40.